The van der Waals surface area contributed by atoms with E-state index in [9.17, 15) is 24.5 Å². The lowest BCUT2D eigenvalue weighted by Crippen LogP contribution is -2.18. The smallest absolute Gasteiger partial charge is 0.341 e. The Hall–Kier alpha value is -3.27. The van der Waals surface area contributed by atoms with E-state index < -0.39 is 28.7 Å². The molecule has 146 valence electrons. The number of fused-ring (bicyclic) bond motifs is 1. The van der Waals surface area contributed by atoms with Crippen LogP contribution in [0.5, 0.6) is 0 Å². The maximum atomic E-state index is 12.6. The van der Waals surface area contributed by atoms with Gasteiger partial charge in [-0.05, 0) is 24.5 Å². The van der Waals surface area contributed by atoms with Gasteiger partial charge in [0, 0.05) is 10.9 Å². The second kappa shape index (κ2) is 7.77. The molecule has 3 rings (SSSR count). The molecule has 2 aromatic rings. The zero-order valence-corrected chi connectivity index (χ0v) is 15.8. The van der Waals surface area contributed by atoms with Crippen LogP contribution in [0.2, 0.25) is 0 Å². The second-order valence-corrected chi connectivity index (χ2v) is 7.08. The highest BCUT2D eigenvalue weighted by molar-refractivity contribution is 7.17. The summed E-state index contributed by atoms with van der Waals surface area (Å²) in [5, 5.41) is 13.9. The molecule has 1 aliphatic carbocycles. The van der Waals surface area contributed by atoms with E-state index in [2.05, 4.69) is 5.32 Å². The van der Waals surface area contributed by atoms with Crippen molar-refractivity contribution in [2.45, 2.75) is 18.8 Å². The number of anilines is 1. The number of aryl methyl sites for hydroxylation is 1. The molecule has 0 bridgehead atoms. The lowest BCUT2D eigenvalue weighted by Gasteiger charge is -2.11. The fourth-order valence-corrected chi connectivity index (χ4v) is 4.49. The highest BCUT2D eigenvalue weighted by Gasteiger charge is 2.38. The highest BCUT2D eigenvalue weighted by Crippen LogP contribution is 2.46. The molecule has 10 heteroatoms. The first kappa shape index (κ1) is 19.5. The third kappa shape index (κ3) is 3.33. The first-order valence-electron chi connectivity index (χ1n) is 8.25. The molecule has 1 amide bonds. The molecule has 9 nitrogen and oxygen atoms in total. The van der Waals surface area contributed by atoms with Crippen LogP contribution in [0, 0.1) is 10.1 Å². The third-order valence-corrected chi connectivity index (χ3v) is 5.66. The van der Waals surface area contributed by atoms with Crippen LogP contribution in [0.25, 0.3) is 0 Å². The number of hydrogen-bond acceptors (Lipinski definition) is 8. The zero-order valence-electron chi connectivity index (χ0n) is 15.0. The summed E-state index contributed by atoms with van der Waals surface area (Å²) in [7, 11) is 2.46. The third-order valence-electron chi connectivity index (χ3n) is 4.48. The molecule has 1 N–H and O–H groups in total. The lowest BCUT2D eigenvalue weighted by atomic mass is 9.99. The minimum absolute atomic E-state index is 0.0855. The molecular formula is C18H16N2O7S. The Morgan fingerprint density at radius 1 is 1.21 bits per heavy atom. The van der Waals surface area contributed by atoms with Gasteiger partial charge in [0.05, 0.1) is 30.6 Å². The number of ether oxygens (including phenoxy) is 2. The Morgan fingerprint density at radius 3 is 2.57 bits per heavy atom. The van der Waals surface area contributed by atoms with E-state index in [0.717, 1.165) is 16.2 Å². The number of rotatable bonds is 5. The summed E-state index contributed by atoms with van der Waals surface area (Å²) in [6.07, 6.45) is 1.04. The molecule has 1 atom stereocenters. The average molecular weight is 404 g/mol. The van der Waals surface area contributed by atoms with E-state index in [1.165, 1.54) is 38.5 Å². The van der Waals surface area contributed by atoms with Gasteiger partial charge in [-0.25, -0.2) is 4.79 Å². The standard InChI is InChI=1S/C18H16N2O7S/c1-26-17(22)10-7-8-12-13(10)14(18(23)27-2)16(28-12)19-15(21)9-5-3-4-6-11(9)20(24)25/h3-6,10H,7-8H2,1-2H3,(H,19,21)/t10-/m0/s1. The van der Waals surface area contributed by atoms with Gasteiger partial charge >= 0.3 is 11.9 Å². The Morgan fingerprint density at radius 2 is 1.93 bits per heavy atom. The number of thiophene rings is 1. The summed E-state index contributed by atoms with van der Waals surface area (Å²) in [5.41, 5.74) is 0.0847. The topological polar surface area (TPSA) is 125 Å². The summed E-state index contributed by atoms with van der Waals surface area (Å²) in [6.45, 7) is 0. The van der Waals surface area contributed by atoms with Crippen LogP contribution in [0.15, 0.2) is 24.3 Å². The Bertz CT molecular complexity index is 982. The summed E-state index contributed by atoms with van der Waals surface area (Å²) in [6, 6.07) is 5.50. The van der Waals surface area contributed by atoms with Crippen molar-refractivity contribution in [1.29, 1.82) is 0 Å². The van der Waals surface area contributed by atoms with Crippen molar-refractivity contribution in [1.82, 2.24) is 0 Å². The largest absolute Gasteiger partial charge is 0.469 e. The summed E-state index contributed by atoms with van der Waals surface area (Å²) in [5.74, 6) is -2.53. The van der Waals surface area contributed by atoms with Gasteiger partial charge in [-0.1, -0.05) is 12.1 Å². The number of nitrogens with one attached hydrogen (secondary N) is 1. The summed E-state index contributed by atoms with van der Waals surface area (Å²) >= 11 is 1.15. The van der Waals surface area contributed by atoms with Gasteiger partial charge in [0.25, 0.3) is 11.6 Å². The predicted molar refractivity (Wildman–Crippen MR) is 99.8 cm³/mol. The van der Waals surface area contributed by atoms with Gasteiger partial charge in [0.15, 0.2) is 0 Å². The van der Waals surface area contributed by atoms with Crippen molar-refractivity contribution in [2.24, 2.45) is 0 Å². The quantitative estimate of drug-likeness (QED) is 0.461. The van der Waals surface area contributed by atoms with E-state index in [0.29, 0.717) is 18.4 Å². The number of hydrogen-bond donors (Lipinski definition) is 1. The molecule has 1 aromatic heterocycles. The zero-order chi connectivity index (χ0) is 20.4. The van der Waals surface area contributed by atoms with Crippen molar-refractivity contribution >= 4 is 39.9 Å². The normalized spacial score (nSPS) is 14.9. The van der Waals surface area contributed by atoms with Gasteiger partial charge in [0.2, 0.25) is 0 Å². The van der Waals surface area contributed by atoms with E-state index in [1.54, 1.807) is 0 Å². The lowest BCUT2D eigenvalue weighted by molar-refractivity contribution is -0.385. The predicted octanol–water partition coefficient (Wildman–Crippen LogP) is 2.90. The first-order chi connectivity index (χ1) is 13.4. The summed E-state index contributed by atoms with van der Waals surface area (Å²) in [4.78, 5) is 48.4. The summed E-state index contributed by atoms with van der Waals surface area (Å²) < 4.78 is 9.64. The van der Waals surface area contributed by atoms with E-state index in [1.807, 2.05) is 0 Å². The fraction of sp³-hybridized carbons (Fsp3) is 0.278. The van der Waals surface area contributed by atoms with E-state index in [-0.39, 0.29) is 21.8 Å². The van der Waals surface area contributed by atoms with Crippen molar-refractivity contribution in [3.63, 3.8) is 0 Å². The SMILES string of the molecule is COC(=O)c1c(NC(=O)c2ccccc2[N+](=O)[O-])sc2c1[C@@H](C(=O)OC)CC2. The monoisotopic (exact) mass is 404 g/mol. The van der Waals surface area contributed by atoms with Crippen LogP contribution in [-0.2, 0) is 20.7 Å². The van der Waals surface area contributed by atoms with E-state index >= 15 is 0 Å². The minimum atomic E-state index is -0.730. The van der Waals surface area contributed by atoms with Gasteiger partial charge in [-0.15, -0.1) is 11.3 Å². The average Bonchev–Trinajstić information content (AvgIpc) is 3.25. The molecule has 28 heavy (non-hydrogen) atoms. The van der Waals surface area contributed by atoms with Crippen LogP contribution in [0.3, 0.4) is 0 Å². The molecule has 0 saturated carbocycles. The van der Waals surface area contributed by atoms with Gasteiger partial charge < -0.3 is 14.8 Å². The number of para-hydroxylation sites is 1. The van der Waals surface area contributed by atoms with Gasteiger partial charge in [-0.2, -0.15) is 0 Å². The molecule has 0 spiro atoms. The molecule has 0 fully saturated rings. The van der Waals surface area contributed by atoms with Crippen LogP contribution in [0.1, 0.15) is 43.5 Å². The minimum Gasteiger partial charge on any atom is -0.469 e. The fourth-order valence-electron chi connectivity index (χ4n) is 3.23. The van der Waals surface area contributed by atoms with Gasteiger partial charge in [0.1, 0.15) is 10.6 Å². The van der Waals surface area contributed by atoms with Crippen LogP contribution in [-0.4, -0.2) is 37.0 Å². The number of benzene rings is 1. The number of esters is 2. The van der Waals surface area contributed by atoms with Crippen molar-refractivity contribution in [2.75, 3.05) is 19.5 Å². The number of nitrogens with zero attached hydrogens (tertiary/aromatic N) is 1. The molecule has 0 saturated heterocycles. The molecule has 1 aliphatic rings. The number of nitro groups is 1. The number of methoxy groups -OCH3 is 2. The number of carbonyl (C=O) groups excluding carboxylic acids is 3. The Kier molecular flexibility index (Phi) is 5.41. The van der Waals surface area contributed by atoms with Crippen LogP contribution < -0.4 is 5.32 Å². The molecule has 1 heterocycles. The molecule has 0 unspecified atom stereocenters. The molecule has 1 aromatic carbocycles. The van der Waals surface area contributed by atoms with E-state index in [4.69, 9.17) is 9.47 Å². The maximum absolute atomic E-state index is 12.6. The molecule has 0 radical (unpaired) electrons. The maximum Gasteiger partial charge on any atom is 0.341 e. The van der Waals surface area contributed by atoms with Crippen molar-refractivity contribution < 1.29 is 28.8 Å². The first-order valence-corrected chi connectivity index (χ1v) is 9.07. The molecule has 0 aliphatic heterocycles. The van der Waals surface area contributed by atoms with Gasteiger partial charge in [-0.3, -0.25) is 19.7 Å². The Labute approximate surface area is 163 Å². The number of carbonyl (C=O) groups is 3. The van der Waals surface area contributed by atoms with Crippen LogP contribution >= 0.6 is 11.3 Å². The highest BCUT2D eigenvalue weighted by atomic mass is 32.1. The Balaban J connectivity index is 2.02. The van der Waals surface area contributed by atoms with Crippen LogP contribution in [0.4, 0.5) is 10.7 Å². The number of amides is 1. The molecular weight excluding hydrogens is 388 g/mol. The second-order valence-electron chi connectivity index (χ2n) is 5.98. The van der Waals surface area contributed by atoms with Crippen molar-refractivity contribution in [3.05, 3.63) is 55.9 Å². The number of nitro benzene ring substituents is 1. The van der Waals surface area contributed by atoms with Crippen molar-refractivity contribution in [3.8, 4) is 0 Å².